The molecule has 1 unspecified atom stereocenters. The first-order valence-electron chi connectivity index (χ1n) is 11.3. The molecule has 1 amide bonds. The van der Waals surface area contributed by atoms with E-state index < -0.39 is 15.9 Å². The lowest BCUT2D eigenvalue weighted by molar-refractivity contribution is -0.115. The molecular weight excluding hydrogens is 486 g/mol. The minimum Gasteiger partial charge on any atom is -0.495 e. The van der Waals surface area contributed by atoms with Gasteiger partial charge in [0, 0.05) is 12.2 Å². The highest BCUT2D eigenvalue weighted by molar-refractivity contribution is 7.89. The summed E-state index contributed by atoms with van der Waals surface area (Å²) in [6.45, 7) is 0.426. The van der Waals surface area contributed by atoms with Crippen LogP contribution in [0.4, 0.5) is 11.4 Å². The second kappa shape index (κ2) is 9.45. The van der Waals surface area contributed by atoms with Gasteiger partial charge in [-0.2, -0.15) is 0 Å². The number of ether oxygens (including phenoxy) is 1. The van der Waals surface area contributed by atoms with Gasteiger partial charge in [0.25, 0.3) is 0 Å². The molecule has 1 atom stereocenters. The van der Waals surface area contributed by atoms with Gasteiger partial charge in [-0.1, -0.05) is 41.9 Å². The molecule has 1 aliphatic carbocycles. The van der Waals surface area contributed by atoms with Gasteiger partial charge in [0.2, 0.25) is 15.9 Å². The van der Waals surface area contributed by atoms with Crippen LogP contribution in [0, 0.1) is 5.92 Å². The number of nitrogens with zero attached hydrogens (tertiary/aromatic N) is 1. The number of methoxy groups -OCH3 is 1. The molecule has 0 saturated heterocycles. The highest BCUT2D eigenvalue weighted by Gasteiger charge is 2.36. The van der Waals surface area contributed by atoms with Crippen molar-refractivity contribution < 1.29 is 17.9 Å². The molecule has 0 bridgehead atoms. The number of carbonyl (C=O) groups excluding carboxylic acids is 1. The van der Waals surface area contributed by atoms with Gasteiger partial charge >= 0.3 is 0 Å². The second-order valence-electron chi connectivity index (χ2n) is 8.65. The molecule has 3 aromatic carbocycles. The van der Waals surface area contributed by atoms with Crippen molar-refractivity contribution in [2.45, 2.75) is 23.7 Å². The van der Waals surface area contributed by atoms with Crippen molar-refractivity contribution in [2.75, 3.05) is 19.0 Å². The van der Waals surface area contributed by atoms with Crippen molar-refractivity contribution in [3.05, 3.63) is 82.9 Å². The van der Waals surface area contributed by atoms with E-state index in [2.05, 4.69) is 10.0 Å². The second-order valence-corrected chi connectivity index (χ2v) is 10.8. The fourth-order valence-electron chi connectivity index (χ4n) is 4.08. The van der Waals surface area contributed by atoms with E-state index in [0.29, 0.717) is 45.9 Å². The highest BCUT2D eigenvalue weighted by atomic mass is 35.5. The van der Waals surface area contributed by atoms with E-state index >= 15 is 0 Å². The van der Waals surface area contributed by atoms with Crippen LogP contribution in [0.15, 0.2) is 76.6 Å². The van der Waals surface area contributed by atoms with Crippen LogP contribution in [-0.2, 0) is 14.8 Å². The Hall–Kier alpha value is -3.20. The number of benzene rings is 3. The molecule has 0 radical (unpaired) electrons. The van der Waals surface area contributed by atoms with Gasteiger partial charge in [-0.05, 0) is 66.3 Å². The number of amides is 1. The van der Waals surface area contributed by atoms with Crippen LogP contribution in [-0.4, -0.2) is 33.7 Å². The zero-order valence-corrected chi connectivity index (χ0v) is 20.6. The van der Waals surface area contributed by atoms with Crippen molar-refractivity contribution in [3.63, 3.8) is 0 Å². The fourth-order valence-corrected chi connectivity index (χ4v) is 5.48. The zero-order valence-electron chi connectivity index (χ0n) is 19.0. The summed E-state index contributed by atoms with van der Waals surface area (Å²) < 4.78 is 33.7. The maximum absolute atomic E-state index is 13.2. The third-order valence-electron chi connectivity index (χ3n) is 6.15. The molecule has 3 aromatic rings. The highest BCUT2D eigenvalue weighted by Crippen LogP contribution is 2.38. The Balaban J connectivity index is 1.59. The summed E-state index contributed by atoms with van der Waals surface area (Å²) >= 11 is 6.31. The van der Waals surface area contributed by atoms with Crippen LogP contribution >= 0.6 is 11.6 Å². The van der Waals surface area contributed by atoms with Gasteiger partial charge in [-0.15, -0.1) is 0 Å². The van der Waals surface area contributed by atoms with E-state index in [-0.39, 0.29) is 10.8 Å². The van der Waals surface area contributed by atoms with Gasteiger partial charge < -0.3 is 10.1 Å². The van der Waals surface area contributed by atoms with Crippen molar-refractivity contribution >= 4 is 44.6 Å². The third-order valence-corrected chi connectivity index (χ3v) is 7.87. The minimum absolute atomic E-state index is 0.123. The first-order valence-corrected chi connectivity index (χ1v) is 13.1. The summed E-state index contributed by atoms with van der Waals surface area (Å²) in [6.07, 6.45) is 2.08. The van der Waals surface area contributed by atoms with Crippen LogP contribution in [0.1, 0.15) is 29.9 Å². The van der Waals surface area contributed by atoms with Gasteiger partial charge in [0.1, 0.15) is 11.7 Å². The summed E-state index contributed by atoms with van der Waals surface area (Å²) in [5.41, 5.74) is 2.91. The third kappa shape index (κ3) is 4.96. The molecule has 2 N–H and O–H groups in total. The van der Waals surface area contributed by atoms with Crippen LogP contribution in [0.2, 0.25) is 5.02 Å². The van der Waals surface area contributed by atoms with Crippen LogP contribution < -0.4 is 14.8 Å². The number of rotatable bonds is 8. The zero-order chi connectivity index (χ0) is 24.6. The van der Waals surface area contributed by atoms with Gasteiger partial charge in [-0.3, -0.25) is 9.79 Å². The van der Waals surface area contributed by atoms with E-state index in [9.17, 15) is 13.2 Å². The molecule has 1 heterocycles. The molecule has 180 valence electrons. The lowest BCUT2D eigenvalue weighted by Crippen LogP contribution is -2.26. The van der Waals surface area contributed by atoms with E-state index in [1.165, 1.54) is 13.2 Å². The summed E-state index contributed by atoms with van der Waals surface area (Å²) in [5, 5.41) is 3.27. The molecule has 7 nitrogen and oxygen atoms in total. The number of hydrogen-bond acceptors (Lipinski definition) is 5. The van der Waals surface area contributed by atoms with Crippen LogP contribution in [0.25, 0.3) is 0 Å². The molecule has 0 spiro atoms. The molecule has 1 fully saturated rings. The number of hydrogen-bond donors (Lipinski definition) is 2. The van der Waals surface area contributed by atoms with Crippen molar-refractivity contribution in [2.24, 2.45) is 10.9 Å². The molecule has 0 aromatic heterocycles. The summed E-state index contributed by atoms with van der Waals surface area (Å²) in [4.78, 5) is 18.1. The first-order chi connectivity index (χ1) is 16.9. The Kier molecular flexibility index (Phi) is 6.35. The Morgan fingerprint density at radius 3 is 2.57 bits per heavy atom. The van der Waals surface area contributed by atoms with Crippen molar-refractivity contribution in [1.82, 2.24) is 4.72 Å². The van der Waals surface area contributed by atoms with Gasteiger partial charge in [0.15, 0.2) is 0 Å². The summed E-state index contributed by atoms with van der Waals surface area (Å²) in [6, 6.07) is 19.2. The predicted molar refractivity (Wildman–Crippen MR) is 136 cm³/mol. The van der Waals surface area contributed by atoms with Gasteiger partial charge in [0.05, 0.1) is 28.4 Å². The van der Waals surface area contributed by atoms with Crippen molar-refractivity contribution in [3.8, 4) is 5.75 Å². The molecule has 5 rings (SSSR count). The molecular formula is C26H24ClN3O4S. The molecule has 9 heteroatoms. The lowest BCUT2D eigenvalue weighted by Gasteiger charge is -2.15. The largest absolute Gasteiger partial charge is 0.495 e. The number of sulfonamides is 1. The number of carbonyl (C=O) groups is 1. The molecule has 2 aliphatic rings. The van der Waals surface area contributed by atoms with E-state index in [4.69, 9.17) is 21.3 Å². The van der Waals surface area contributed by atoms with E-state index in [0.717, 1.165) is 18.4 Å². The number of fused-ring (bicyclic) bond motifs is 1. The number of halogens is 1. The Morgan fingerprint density at radius 1 is 1.11 bits per heavy atom. The normalized spacial score (nSPS) is 17.7. The topological polar surface area (TPSA) is 96.9 Å². The number of aliphatic imine (C=N–C) groups is 1. The van der Waals surface area contributed by atoms with Crippen LogP contribution in [0.3, 0.4) is 0 Å². The quantitative estimate of drug-likeness (QED) is 0.422. The standard InChI is InChI=1S/C26H24ClN3O4S/c1-34-23-12-9-18(13-21(23)27)29-25(17-5-3-2-4-6-17)24-20-14-19(10-11-22(20)30-26(24)31)35(32,33)28-15-16-7-8-16/h2-6,9-14,16,24,28H,7-8,15H2,1H3,(H,30,31). The fraction of sp³-hybridized carbons (Fsp3) is 0.231. The summed E-state index contributed by atoms with van der Waals surface area (Å²) in [5.74, 6) is -0.151. The minimum atomic E-state index is -3.70. The Labute approximate surface area is 209 Å². The Bertz CT molecular complexity index is 1420. The van der Waals surface area contributed by atoms with Crippen LogP contribution in [0.5, 0.6) is 5.75 Å². The predicted octanol–water partition coefficient (Wildman–Crippen LogP) is 4.89. The van der Waals surface area contributed by atoms with E-state index in [1.807, 2.05) is 30.3 Å². The first kappa shape index (κ1) is 23.5. The monoisotopic (exact) mass is 509 g/mol. The maximum atomic E-state index is 13.2. The van der Waals surface area contributed by atoms with E-state index in [1.54, 1.807) is 30.3 Å². The average Bonchev–Trinajstić information content (AvgIpc) is 3.63. The maximum Gasteiger partial charge on any atom is 0.240 e. The van der Waals surface area contributed by atoms with Gasteiger partial charge in [-0.25, -0.2) is 13.1 Å². The summed E-state index contributed by atoms with van der Waals surface area (Å²) in [7, 11) is -2.17. The average molecular weight is 510 g/mol. The smallest absolute Gasteiger partial charge is 0.240 e. The molecule has 35 heavy (non-hydrogen) atoms. The number of nitrogens with one attached hydrogen (secondary N) is 2. The van der Waals surface area contributed by atoms with Crippen molar-refractivity contribution in [1.29, 1.82) is 0 Å². The number of anilines is 1. The Morgan fingerprint density at radius 2 is 1.89 bits per heavy atom. The lowest BCUT2D eigenvalue weighted by atomic mass is 9.90. The SMILES string of the molecule is COc1ccc(N=C(c2ccccc2)C2C(=O)Nc3ccc(S(=O)(=O)NCC4CC4)cc32)cc1Cl. The molecule has 1 saturated carbocycles. The molecule has 1 aliphatic heterocycles.